The summed E-state index contributed by atoms with van der Waals surface area (Å²) in [4.78, 5) is 8.23. The van der Waals surface area contributed by atoms with Gasteiger partial charge in [-0.25, -0.2) is 4.98 Å². The Kier molecular flexibility index (Phi) is 3.21. The molecule has 68 valence electrons. The van der Waals surface area contributed by atoms with Gasteiger partial charge in [-0.15, -0.1) is 0 Å². The molecule has 0 bridgehead atoms. The van der Waals surface area contributed by atoms with Crippen molar-refractivity contribution in [1.29, 1.82) is 5.26 Å². The Balaban J connectivity index is 3.02. The molecule has 0 spiro atoms. The molecule has 1 rings (SSSR count). The lowest BCUT2D eigenvalue weighted by Crippen LogP contribution is -2.00. The van der Waals surface area contributed by atoms with E-state index in [-0.39, 0.29) is 6.42 Å². The molecule has 0 saturated heterocycles. The van der Waals surface area contributed by atoms with E-state index in [1.165, 1.54) is 0 Å². The van der Waals surface area contributed by atoms with Gasteiger partial charge in [-0.3, -0.25) is 0 Å². The molecule has 0 aliphatic heterocycles. The van der Waals surface area contributed by atoms with E-state index in [0.717, 1.165) is 17.8 Å². The molecule has 4 heteroatoms. The van der Waals surface area contributed by atoms with Crippen molar-refractivity contribution in [3.05, 3.63) is 17.6 Å². The van der Waals surface area contributed by atoms with Crippen molar-refractivity contribution in [1.82, 2.24) is 9.97 Å². The van der Waals surface area contributed by atoms with E-state index in [1.807, 2.05) is 13.0 Å². The summed E-state index contributed by atoms with van der Waals surface area (Å²) in [6, 6.07) is 2.04. The number of rotatable bonds is 3. The molecule has 0 amide bonds. The summed E-state index contributed by atoms with van der Waals surface area (Å²) in [5.41, 5.74) is 0.738. The number of aryl methyl sites for hydroxylation is 1. The number of ether oxygens (including phenoxy) is 1. The maximum Gasteiger partial charge on any atom is 0.220 e. The summed E-state index contributed by atoms with van der Waals surface area (Å²) >= 11 is 0. The molecular formula is C9H11N3O. The standard InChI is InChI=1S/C9H11N3O/c1-3-8-11-6-7(4-5-10)9(12-8)13-2/h6H,3-4H2,1-2H3. The van der Waals surface area contributed by atoms with Crippen LogP contribution >= 0.6 is 0 Å². The number of methoxy groups -OCH3 is 1. The third kappa shape index (κ3) is 2.15. The molecule has 0 N–H and O–H groups in total. The quantitative estimate of drug-likeness (QED) is 0.694. The predicted octanol–water partition coefficient (Wildman–Crippen LogP) is 1.11. The lowest BCUT2D eigenvalue weighted by Gasteiger charge is -2.04. The molecular weight excluding hydrogens is 166 g/mol. The first-order valence-corrected chi connectivity index (χ1v) is 4.07. The Bertz CT molecular complexity index is 330. The summed E-state index contributed by atoms with van der Waals surface area (Å²) in [7, 11) is 1.54. The Hall–Kier alpha value is -1.63. The predicted molar refractivity (Wildman–Crippen MR) is 47.3 cm³/mol. The van der Waals surface area contributed by atoms with E-state index in [4.69, 9.17) is 10.00 Å². The molecule has 0 aromatic carbocycles. The summed E-state index contributed by atoms with van der Waals surface area (Å²) in [5, 5.41) is 8.51. The van der Waals surface area contributed by atoms with Gasteiger partial charge in [0, 0.05) is 18.2 Å². The van der Waals surface area contributed by atoms with E-state index in [2.05, 4.69) is 9.97 Å². The van der Waals surface area contributed by atoms with Gasteiger partial charge in [-0.2, -0.15) is 10.2 Å². The first-order chi connectivity index (χ1) is 6.31. The van der Waals surface area contributed by atoms with E-state index < -0.39 is 0 Å². The largest absolute Gasteiger partial charge is 0.481 e. The van der Waals surface area contributed by atoms with Gasteiger partial charge < -0.3 is 4.74 Å². The highest BCUT2D eigenvalue weighted by molar-refractivity contribution is 5.26. The van der Waals surface area contributed by atoms with Crippen molar-refractivity contribution >= 4 is 0 Å². The van der Waals surface area contributed by atoms with Crippen molar-refractivity contribution in [3.8, 4) is 11.9 Å². The van der Waals surface area contributed by atoms with Gasteiger partial charge in [-0.1, -0.05) is 6.92 Å². The van der Waals surface area contributed by atoms with Crippen molar-refractivity contribution in [2.24, 2.45) is 0 Å². The maximum absolute atomic E-state index is 8.51. The topological polar surface area (TPSA) is 58.8 Å². The number of nitrogens with zero attached hydrogens (tertiary/aromatic N) is 3. The zero-order chi connectivity index (χ0) is 9.68. The van der Waals surface area contributed by atoms with Gasteiger partial charge in [0.05, 0.1) is 19.6 Å². The number of hydrogen-bond donors (Lipinski definition) is 0. The van der Waals surface area contributed by atoms with Crippen molar-refractivity contribution in [2.45, 2.75) is 19.8 Å². The molecule has 1 aromatic rings. The molecule has 0 fully saturated rings. The summed E-state index contributed by atoms with van der Waals surface area (Å²) in [6.07, 6.45) is 2.70. The molecule has 4 nitrogen and oxygen atoms in total. The van der Waals surface area contributed by atoms with Crippen LogP contribution in [0.2, 0.25) is 0 Å². The lowest BCUT2D eigenvalue weighted by molar-refractivity contribution is 0.390. The first-order valence-electron chi connectivity index (χ1n) is 4.07. The van der Waals surface area contributed by atoms with Gasteiger partial charge in [0.1, 0.15) is 5.82 Å². The minimum Gasteiger partial charge on any atom is -0.481 e. The average molecular weight is 177 g/mol. The fraction of sp³-hybridized carbons (Fsp3) is 0.444. The second kappa shape index (κ2) is 4.41. The number of aromatic nitrogens is 2. The number of hydrogen-bond acceptors (Lipinski definition) is 4. The van der Waals surface area contributed by atoms with Gasteiger partial charge in [0.15, 0.2) is 0 Å². The van der Waals surface area contributed by atoms with Crippen molar-refractivity contribution in [2.75, 3.05) is 7.11 Å². The second-order valence-electron chi connectivity index (χ2n) is 2.51. The Labute approximate surface area is 77.2 Å². The molecule has 1 aromatic heterocycles. The zero-order valence-corrected chi connectivity index (χ0v) is 7.74. The molecule has 0 saturated carbocycles. The van der Waals surface area contributed by atoms with Gasteiger partial charge >= 0.3 is 0 Å². The normalized spacial score (nSPS) is 9.31. The molecule has 0 unspecified atom stereocenters. The van der Waals surface area contributed by atoms with Gasteiger partial charge in [0.2, 0.25) is 5.88 Å². The summed E-state index contributed by atoms with van der Waals surface area (Å²) < 4.78 is 5.04. The molecule has 0 aliphatic carbocycles. The monoisotopic (exact) mass is 177 g/mol. The molecule has 1 heterocycles. The van der Waals surface area contributed by atoms with Crippen LogP contribution in [0.15, 0.2) is 6.20 Å². The zero-order valence-electron chi connectivity index (χ0n) is 7.74. The molecule has 0 aliphatic rings. The van der Waals surface area contributed by atoms with Crippen LogP contribution in [0.25, 0.3) is 0 Å². The van der Waals surface area contributed by atoms with Gasteiger partial charge in [0.25, 0.3) is 0 Å². The highest BCUT2D eigenvalue weighted by atomic mass is 16.5. The fourth-order valence-electron chi connectivity index (χ4n) is 0.979. The average Bonchev–Trinajstić information content (AvgIpc) is 2.19. The van der Waals surface area contributed by atoms with Crippen LogP contribution in [0, 0.1) is 11.3 Å². The van der Waals surface area contributed by atoms with E-state index in [9.17, 15) is 0 Å². The third-order valence-electron chi connectivity index (χ3n) is 1.65. The van der Waals surface area contributed by atoms with Crippen LogP contribution in [-0.2, 0) is 12.8 Å². The van der Waals surface area contributed by atoms with Crippen LogP contribution in [0.1, 0.15) is 18.3 Å². The van der Waals surface area contributed by atoms with E-state index >= 15 is 0 Å². The van der Waals surface area contributed by atoms with Crippen molar-refractivity contribution in [3.63, 3.8) is 0 Å². The molecule has 13 heavy (non-hydrogen) atoms. The fourth-order valence-corrected chi connectivity index (χ4v) is 0.979. The number of nitriles is 1. The Morgan fingerprint density at radius 1 is 1.62 bits per heavy atom. The van der Waals surface area contributed by atoms with Gasteiger partial charge in [-0.05, 0) is 0 Å². The smallest absolute Gasteiger partial charge is 0.220 e. The Morgan fingerprint density at radius 2 is 2.38 bits per heavy atom. The Morgan fingerprint density at radius 3 is 2.92 bits per heavy atom. The minimum atomic E-state index is 0.285. The maximum atomic E-state index is 8.51. The van der Waals surface area contributed by atoms with Crippen LogP contribution in [0.3, 0.4) is 0 Å². The molecule has 0 radical (unpaired) electrons. The molecule has 0 atom stereocenters. The van der Waals surface area contributed by atoms with Crippen LogP contribution in [0.5, 0.6) is 5.88 Å². The first kappa shape index (κ1) is 9.46. The highest BCUT2D eigenvalue weighted by Gasteiger charge is 2.05. The second-order valence-corrected chi connectivity index (χ2v) is 2.51. The van der Waals surface area contributed by atoms with Crippen molar-refractivity contribution < 1.29 is 4.74 Å². The summed E-state index contributed by atoms with van der Waals surface area (Å²) in [5.74, 6) is 1.24. The minimum absolute atomic E-state index is 0.285. The highest BCUT2D eigenvalue weighted by Crippen LogP contribution is 2.14. The lowest BCUT2D eigenvalue weighted by atomic mass is 10.2. The van der Waals surface area contributed by atoms with E-state index in [1.54, 1.807) is 13.3 Å². The van der Waals surface area contributed by atoms with E-state index in [0.29, 0.717) is 5.88 Å². The summed E-state index contributed by atoms with van der Waals surface area (Å²) in [6.45, 7) is 1.97. The van der Waals surface area contributed by atoms with Crippen LogP contribution in [-0.4, -0.2) is 17.1 Å². The SMILES string of the molecule is CCc1ncc(CC#N)c(OC)n1. The van der Waals surface area contributed by atoms with Crippen LogP contribution in [0.4, 0.5) is 0 Å². The third-order valence-corrected chi connectivity index (χ3v) is 1.65. The van der Waals surface area contributed by atoms with Crippen LogP contribution < -0.4 is 4.74 Å².